The number of carbonyl (C=O) groups is 2. The molecule has 6 heteroatoms. The Morgan fingerprint density at radius 1 is 1.21 bits per heavy atom. The maximum Gasteiger partial charge on any atom is 0.226 e. The Hall–Kier alpha value is -3.15. The van der Waals surface area contributed by atoms with E-state index in [0.29, 0.717) is 24.8 Å². The quantitative estimate of drug-likeness (QED) is 0.531. The minimum absolute atomic E-state index is 0.0223. The molecular formula is C22H26N4O2. The molecule has 0 bridgehead atoms. The molecule has 2 aromatic rings. The van der Waals surface area contributed by atoms with Gasteiger partial charge in [-0.2, -0.15) is 0 Å². The van der Waals surface area contributed by atoms with E-state index in [9.17, 15) is 9.59 Å². The van der Waals surface area contributed by atoms with Gasteiger partial charge in [0.25, 0.3) is 0 Å². The molecule has 6 nitrogen and oxygen atoms in total. The summed E-state index contributed by atoms with van der Waals surface area (Å²) < 4.78 is 0. The molecule has 0 atom stereocenters. The molecule has 3 rings (SSSR count). The summed E-state index contributed by atoms with van der Waals surface area (Å²) in [4.78, 5) is 26.3. The van der Waals surface area contributed by atoms with Crippen LogP contribution in [0, 0.1) is 12.3 Å². The van der Waals surface area contributed by atoms with Crippen molar-refractivity contribution in [3.63, 3.8) is 0 Å². The highest BCUT2D eigenvalue weighted by atomic mass is 16.2. The van der Waals surface area contributed by atoms with Gasteiger partial charge < -0.3 is 16.0 Å². The predicted molar refractivity (Wildman–Crippen MR) is 112 cm³/mol. The van der Waals surface area contributed by atoms with Crippen LogP contribution < -0.4 is 16.0 Å². The molecule has 1 aliphatic rings. The fourth-order valence-electron chi connectivity index (χ4n) is 3.47. The second-order valence-electron chi connectivity index (χ2n) is 7.17. The molecule has 1 aliphatic heterocycles. The summed E-state index contributed by atoms with van der Waals surface area (Å²) in [5.74, 6) is 0.113. The summed E-state index contributed by atoms with van der Waals surface area (Å²) in [6.45, 7) is 2.71. The van der Waals surface area contributed by atoms with Gasteiger partial charge in [-0.1, -0.05) is 18.2 Å². The Morgan fingerprint density at radius 2 is 2.04 bits per heavy atom. The molecule has 1 saturated heterocycles. The van der Waals surface area contributed by atoms with Crippen LogP contribution in [0.2, 0.25) is 0 Å². The number of piperidine rings is 1. The Kier molecular flexibility index (Phi) is 6.09. The van der Waals surface area contributed by atoms with Crippen LogP contribution in [0.15, 0.2) is 42.5 Å². The van der Waals surface area contributed by atoms with Crippen LogP contribution in [-0.4, -0.2) is 24.2 Å². The van der Waals surface area contributed by atoms with E-state index in [1.165, 1.54) is 0 Å². The number of hydrogen-bond donors (Lipinski definition) is 3. The van der Waals surface area contributed by atoms with Crippen molar-refractivity contribution in [2.75, 3.05) is 16.8 Å². The summed E-state index contributed by atoms with van der Waals surface area (Å²) in [5, 5.41) is 10.4. The van der Waals surface area contributed by atoms with Crippen LogP contribution in [-0.2, 0) is 16.0 Å². The Balaban J connectivity index is 1.60. The predicted octanol–water partition coefficient (Wildman–Crippen LogP) is 3.37. The Labute approximate surface area is 165 Å². The van der Waals surface area contributed by atoms with Gasteiger partial charge in [-0.25, -0.2) is 0 Å². The highest BCUT2D eigenvalue weighted by molar-refractivity contribution is 5.96. The van der Waals surface area contributed by atoms with Gasteiger partial charge in [-0.3, -0.25) is 15.0 Å². The Morgan fingerprint density at radius 3 is 2.75 bits per heavy atom. The van der Waals surface area contributed by atoms with E-state index >= 15 is 0 Å². The lowest BCUT2D eigenvalue weighted by Crippen LogP contribution is -2.35. The summed E-state index contributed by atoms with van der Waals surface area (Å²) in [6.07, 6.45) is 3.49. The number of anilines is 2. The lowest BCUT2D eigenvalue weighted by atomic mass is 10.1. The summed E-state index contributed by atoms with van der Waals surface area (Å²) >= 11 is 0. The SMILES string of the molecule is Cc1cc(NC(=O)CCc2cccc(C(=N)N)c2)ccc1N1CCCCC1=O. The molecule has 0 aromatic heterocycles. The first-order valence-electron chi connectivity index (χ1n) is 9.58. The van der Waals surface area contributed by atoms with Gasteiger partial charge in [-0.05, 0) is 61.6 Å². The first kappa shape index (κ1) is 19.6. The van der Waals surface area contributed by atoms with E-state index in [0.717, 1.165) is 41.9 Å². The number of rotatable bonds is 6. The van der Waals surface area contributed by atoms with Crippen LogP contribution in [0.1, 0.15) is 42.4 Å². The molecule has 2 amide bonds. The third kappa shape index (κ3) is 4.76. The minimum Gasteiger partial charge on any atom is -0.384 e. The van der Waals surface area contributed by atoms with Gasteiger partial charge in [-0.15, -0.1) is 0 Å². The van der Waals surface area contributed by atoms with Crippen LogP contribution in [0.25, 0.3) is 0 Å². The average molecular weight is 378 g/mol. The standard InChI is InChI=1S/C22H26N4O2/c1-15-13-18(9-10-19(15)26-12-3-2-7-21(26)28)25-20(27)11-8-16-5-4-6-17(14-16)22(23)24/h4-6,9-10,13-14H,2-3,7-8,11-12H2,1H3,(H3,23,24)(H,25,27). The van der Waals surface area contributed by atoms with Crippen molar-refractivity contribution in [2.45, 2.75) is 39.0 Å². The zero-order chi connectivity index (χ0) is 20.1. The number of nitrogens with two attached hydrogens (primary N) is 1. The van der Waals surface area contributed by atoms with E-state index < -0.39 is 0 Å². The zero-order valence-corrected chi connectivity index (χ0v) is 16.1. The summed E-state index contributed by atoms with van der Waals surface area (Å²) in [5.41, 5.74) is 9.77. The van der Waals surface area contributed by atoms with Crippen LogP contribution >= 0.6 is 0 Å². The average Bonchev–Trinajstić information content (AvgIpc) is 2.67. The van der Waals surface area contributed by atoms with E-state index in [4.69, 9.17) is 11.1 Å². The largest absolute Gasteiger partial charge is 0.384 e. The van der Waals surface area contributed by atoms with Crippen molar-refractivity contribution in [3.8, 4) is 0 Å². The van der Waals surface area contributed by atoms with E-state index in [1.54, 1.807) is 6.07 Å². The highest BCUT2D eigenvalue weighted by Gasteiger charge is 2.21. The number of amidine groups is 1. The number of hydrogen-bond acceptors (Lipinski definition) is 3. The molecule has 4 N–H and O–H groups in total. The van der Waals surface area contributed by atoms with Gasteiger partial charge in [0.05, 0.1) is 0 Å². The number of nitrogens with zero attached hydrogens (tertiary/aromatic N) is 1. The number of amides is 2. The topological polar surface area (TPSA) is 99.3 Å². The molecule has 0 radical (unpaired) electrons. The van der Waals surface area contributed by atoms with Crippen LogP contribution in [0.4, 0.5) is 11.4 Å². The van der Waals surface area contributed by atoms with E-state index in [-0.39, 0.29) is 17.6 Å². The monoisotopic (exact) mass is 378 g/mol. The highest BCUT2D eigenvalue weighted by Crippen LogP contribution is 2.27. The molecule has 28 heavy (non-hydrogen) atoms. The summed E-state index contributed by atoms with van der Waals surface area (Å²) in [6, 6.07) is 13.0. The van der Waals surface area contributed by atoms with Crippen molar-refractivity contribution in [1.29, 1.82) is 5.41 Å². The lowest BCUT2D eigenvalue weighted by Gasteiger charge is -2.28. The molecule has 2 aromatic carbocycles. The van der Waals surface area contributed by atoms with Crippen molar-refractivity contribution in [3.05, 3.63) is 59.2 Å². The number of carbonyl (C=O) groups excluding carboxylic acids is 2. The number of benzene rings is 2. The molecule has 0 aliphatic carbocycles. The molecular weight excluding hydrogens is 352 g/mol. The minimum atomic E-state index is -0.0746. The van der Waals surface area contributed by atoms with E-state index in [1.807, 2.05) is 48.2 Å². The first-order valence-corrected chi connectivity index (χ1v) is 9.58. The zero-order valence-electron chi connectivity index (χ0n) is 16.1. The maximum atomic E-state index is 12.3. The normalized spacial score (nSPS) is 14.0. The second kappa shape index (κ2) is 8.69. The molecule has 1 heterocycles. The summed E-state index contributed by atoms with van der Waals surface area (Å²) in [7, 11) is 0. The van der Waals surface area contributed by atoms with Crippen molar-refractivity contribution in [1.82, 2.24) is 0 Å². The van der Waals surface area contributed by atoms with Gasteiger partial charge in [0.1, 0.15) is 5.84 Å². The first-order chi connectivity index (χ1) is 13.4. The maximum absolute atomic E-state index is 12.3. The van der Waals surface area contributed by atoms with Crippen molar-refractivity contribution >= 4 is 29.0 Å². The molecule has 146 valence electrons. The second-order valence-corrected chi connectivity index (χ2v) is 7.17. The number of aryl methyl sites for hydroxylation is 2. The van der Waals surface area contributed by atoms with Crippen molar-refractivity contribution < 1.29 is 9.59 Å². The van der Waals surface area contributed by atoms with Gasteiger partial charge in [0, 0.05) is 36.3 Å². The van der Waals surface area contributed by atoms with Gasteiger partial charge in [0.2, 0.25) is 11.8 Å². The third-order valence-corrected chi connectivity index (χ3v) is 4.97. The molecule has 1 fully saturated rings. The fourth-order valence-corrected chi connectivity index (χ4v) is 3.47. The van der Waals surface area contributed by atoms with Crippen LogP contribution in [0.3, 0.4) is 0 Å². The fraction of sp³-hybridized carbons (Fsp3) is 0.318. The van der Waals surface area contributed by atoms with Gasteiger partial charge >= 0.3 is 0 Å². The van der Waals surface area contributed by atoms with Crippen molar-refractivity contribution in [2.24, 2.45) is 5.73 Å². The van der Waals surface area contributed by atoms with Crippen LogP contribution in [0.5, 0.6) is 0 Å². The lowest BCUT2D eigenvalue weighted by molar-refractivity contribution is -0.119. The smallest absolute Gasteiger partial charge is 0.226 e. The number of nitrogens with one attached hydrogen (secondary N) is 2. The van der Waals surface area contributed by atoms with Gasteiger partial charge in [0.15, 0.2) is 0 Å². The van der Waals surface area contributed by atoms with E-state index in [2.05, 4.69) is 5.32 Å². The Bertz CT molecular complexity index is 907. The molecule has 0 saturated carbocycles. The number of nitrogen functional groups attached to an aromatic ring is 1. The molecule has 0 unspecified atom stereocenters. The molecule has 0 spiro atoms. The third-order valence-electron chi connectivity index (χ3n) is 4.97.